The maximum absolute atomic E-state index is 13.8. The minimum atomic E-state index is -0.726. The van der Waals surface area contributed by atoms with Gasteiger partial charge in [-0.1, -0.05) is 0 Å². The SMILES string of the molecule is COc1c(Br)cc(C(=O)CN)c(OC)c1F. The summed E-state index contributed by atoms with van der Waals surface area (Å²) in [5.74, 6) is -1.30. The van der Waals surface area contributed by atoms with Gasteiger partial charge in [0.1, 0.15) is 0 Å². The number of nitrogens with two attached hydrogens (primary N) is 1. The van der Waals surface area contributed by atoms with Crippen LogP contribution in [0.3, 0.4) is 0 Å². The largest absolute Gasteiger partial charge is 0.493 e. The normalized spacial score (nSPS) is 10.1. The maximum Gasteiger partial charge on any atom is 0.208 e. The first-order valence-corrected chi connectivity index (χ1v) is 5.19. The van der Waals surface area contributed by atoms with E-state index in [4.69, 9.17) is 15.2 Å². The monoisotopic (exact) mass is 291 g/mol. The lowest BCUT2D eigenvalue weighted by Crippen LogP contribution is -2.15. The highest BCUT2D eigenvalue weighted by atomic mass is 79.9. The van der Waals surface area contributed by atoms with E-state index in [0.29, 0.717) is 4.47 Å². The molecule has 0 atom stereocenters. The Hall–Kier alpha value is -1.14. The van der Waals surface area contributed by atoms with Crippen LogP contribution in [0.25, 0.3) is 0 Å². The maximum atomic E-state index is 13.8. The molecule has 1 rings (SSSR count). The van der Waals surface area contributed by atoms with Crippen LogP contribution < -0.4 is 15.2 Å². The van der Waals surface area contributed by atoms with Gasteiger partial charge in [-0.2, -0.15) is 4.39 Å². The number of halogens is 2. The Kier molecular flexibility index (Phi) is 4.26. The second-order valence-corrected chi connectivity index (χ2v) is 3.77. The molecule has 2 N–H and O–H groups in total. The molecule has 1 aromatic rings. The van der Waals surface area contributed by atoms with Crippen LogP contribution in [0, 0.1) is 5.82 Å². The molecule has 0 fully saturated rings. The van der Waals surface area contributed by atoms with Crippen LogP contribution in [0.1, 0.15) is 10.4 Å². The van der Waals surface area contributed by atoms with E-state index >= 15 is 0 Å². The Morgan fingerprint density at radius 1 is 1.44 bits per heavy atom. The van der Waals surface area contributed by atoms with Crippen LogP contribution >= 0.6 is 15.9 Å². The van der Waals surface area contributed by atoms with Gasteiger partial charge in [-0.15, -0.1) is 0 Å². The molecule has 0 unspecified atom stereocenters. The van der Waals surface area contributed by atoms with Crippen molar-refractivity contribution < 1.29 is 18.7 Å². The molecular weight excluding hydrogens is 281 g/mol. The Morgan fingerprint density at radius 2 is 2.00 bits per heavy atom. The third-order valence-corrected chi connectivity index (χ3v) is 2.61. The summed E-state index contributed by atoms with van der Waals surface area (Å²) in [7, 11) is 2.60. The van der Waals surface area contributed by atoms with E-state index in [-0.39, 0.29) is 23.6 Å². The summed E-state index contributed by atoms with van der Waals surface area (Å²) < 4.78 is 23.8. The Morgan fingerprint density at radius 3 is 2.44 bits per heavy atom. The molecule has 0 aliphatic heterocycles. The second-order valence-electron chi connectivity index (χ2n) is 2.91. The van der Waals surface area contributed by atoms with Crippen molar-refractivity contribution >= 4 is 21.7 Å². The van der Waals surface area contributed by atoms with Gasteiger partial charge in [0.2, 0.25) is 5.82 Å². The Balaban J connectivity index is 3.46. The standard InChI is InChI=1S/C10H11BrFNO3/c1-15-9-5(7(14)4-13)3-6(11)10(16-2)8(9)12/h3H,4,13H2,1-2H3. The molecule has 0 saturated heterocycles. The van der Waals surface area contributed by atoms with Gasteiger partial charge in [0.05, 0.1) is 30.8 Å². The lowest BCUT2D eigenvalue weighted by atomic mass is 10.1. The summed E-state index contributed by atoms with van der Waals surface area (Å²) in [4.78, 5) is 11.5. The molecule has 0 aliphatic rings. The average molecular weight is 292 g/mol. The fraction of sp³-hybridized carbons (Fsp3) is 0.300. The summed E-state index contributed by atoms with van der Waals surface area (Å²) in [6.45, 7) is -0.214. The molecule has 1 aromatic carbocycles. The zero-order valence-electron chi connectivity index (χ0n) is 8.84. The highest BCUT2D eigenvalue weighted by Gasteiger charge is 2.21. The van der Waals surface area contributed by atoms with Gasteiger partial charge >= 0.3 is 0 Å². The van der Waals surface area contributed by atoms with Crippen LogP contribution in [0.5, 0.6) is 11.5 Å². The molecule has 0 aromatic heterocycles. The fourth-order valence-electron chi connectivity index (χ4n) is 1.29. The number of benzene rings is 1. The zero-order valence-corrected chi connectivity index (χ0v) is 10.4. The first-order valence-electron chi connectivity index (χ1n) is 4.40. The van der Waals surface area contributed by atoms with Gasteiger partial charge in [-0.25, -0.2) is 0 Å². The van der Waals surface area contributed by atoms with Crippen molar-refractivity contribution in [2.45, 2.75) is 0 Å². The van der Waals surface area contributed by atoms with Crippen molar-refractivity contribution in [1.82, 2.24) is 0 Å². The molecule has 0 heterocycles. The van der Waals surface area contributed by atoms with E-state index in [1.165, 1.54) is 20.3 Å². The van der Waals surface area contributed by atoms with E-state index in [9.17, 15) is 9.18 Å². The topological polar surface area (TPSA) is 61.5 Å². The van der Waals surface area contributed by atoms with Gasteiger partial charge in [0.25, 0.3) is 0 Å². The van der Waals surface area contributed by atoms with Crippen LogP contribution in [-0.4, -0.2) is 26.5 Å². The van der Waals surface area contributed by atoms with Crippen LogP contribution in [0.15, 0.2) is 10.5 Å². The summed E-state index contributed by atoms with van der Waals surface area (Å²) in [5.41, 5.74) is 5.32. The first kappa shape index (κ1) is 12.9. The number of rotatable bonds is 4. The number of Topliss-reactive ketones (excluding diaryl/α,β-unsaturated/α-hetero) is 1. The quantitative estimate of drug-likeness (QED) is 0.859. The highest BCUT2D eigenvalue weighted by Crippen LogP contribution is 2.37. The zero-order chi connectivity index (χ0) is 12.3. The predicted molar refractivity (Wildman–Crippen MR) is 60.6 cm³/mol. The minimum absolute atomic E-state index is 0.00887. The summed E-state index contributed by atoms with van der Waals surface area (Å²) >= 11 is 3.11. The molecular formula is C10H11BrFNO3. The van der Waals surface area contributed by atoms with Crippen LogP contribution in [-0.2, 0) is 0 Å². The number of hydrogen-bond acceptors (Lipinski definition) is 4. The van der Waals surface area contributed by atoms with Gasteiger partial charge in [-0.05, 0) is 22.0 Å². The van der Waals surface area contributed by atoms with Crippen molar-refractivity contribution in [2.24, 2.45) is 5.73 Å². The first-order chi connectivity index (χ1) is 7.56. The molecule has 4 nitrogen and oxygen atoms in total. The van der Waals surface area contributed by atoms with Gasteiger partial charge in [0.15, 0.2) is 17.3 Å². The van der Waals surface area contributed by atoms with Crippen molar-refractivity contribution in [3.05, 3.63) is 21.9 Å². The molecule has 0 radical (unpaired) electrons. The molecule has 88 valence electrons. The summed E-state index contributed by atoms with van der Waals surface area (Å²) in [6, 6.07) is 1.43. The molecule has 0 amide bonds. The molecule has 16 heavy (non-hydrogen) atoms. The Labute approximate surface area is 101 Å². The fourth-order valence-corrected chi connectivity index (χ4v) is 1.85. The number of ether oxygens (including phenoxy) is 2. The highest BCUT2D eigenvalue weighted by molar-refractivity contribution is 9.10. The van der Waals surface area contributed by atoms with Crippen molar-refractivity contribution in [3.63, 3.8) is 0 Å². The van der Waals surface area contributed by atoms with Crippen molar-refractivity contribution in [1.29, 1.82) is 0 Å². The van der Waals surface area contributed by atoms with E-state index < -0.39 is 11.6 Å². The molecule has 0 spiro atoms. The minimum Gasteiger partial charge on any atom is -0.493 e. The lowest BCUT2D eigenvalue weighted by molar-refractivity contribution is 0.0997. The molecule has 0 saturated carbocycles. The molecule has 0 bridgehead atoms. The van der Waals surface area contributed by atoms with Crippen LogP contribution in [0.2, 0.25) is 0 Å². The molecule has 6 heteroatoms. The summed E-state index contributed by atoms with van der Waals surface area (Å²) in [6.07, 6.45) is 0. The second kappa shape index (κ2) is 5.27. The molecule has 0 aliphatic carbocycles. The van der Waals surface area contributed by atoms with E-state index in [2.05, 4.69) is 15.9 Å². The van der Waals surface area contributed by atoms with Crippen LogP contribution in [0.4, 0.5) is 4.39 Å². The average Bonchev–Trinajstić information content (AvgIpc) is 2.28. The third-order valence-electron chi connectivity index (χ3n) is 2.03. The summed E-state index contributed by atoms with van der Waals surface area (Å²) in [5, 5.41) is 0. The number of carbonyl (C=O) groups is 1. The van der Waals surface area contributed by atoms with Gasteiger partial charge in [0, 0.05) is 0 Å². The van der Waals surface area contributed by atoms with E-state index in [1.807, 2.05) is 0 Å². The van der Waals surface area contributed by atoms with Crippen molar-refractivity contribution in [3.8, 4) is 11.5 Å². The van der Waals surface area contributed by atoms with E-state index in [0.717, 1.165) is 0 Å². The van der Waals surface area contributed by atoms with Gasteiger partial charge < -0.3 is 15.2 Å². The predicted octanol–water partition coefficient (Wildman–Crippen LogP) is 1.75. The number of methoxy groups -OCH3 is 2. The third kappa shape index (κ3) is 2.17. The number of ketones is 1. The Bertz CT molecular complexity index is 423. The van der Waals surface area contributed by atoms with Crippen molar-refractivity contribution in [2.75, 3.05) is 20.8 Å². The van der Waals surface area contributed by atoms with E-state index in [1.54, 1.807) is 0 Å². The smallest absolute Gasteiger partial charge is 0.208 e. The lowest BCUT2D eigenvalue weighted by Gasteiger charge is -2.12. The number of carbonyl (C=O) groups excluding carboxylic acids is 1. The number of hydrogen-bond donors (Lipinski definition) is 1. The van der Waals surface area contributed by atoms with Gasteiger partial charge in [-0.3, -0.25) is 4.79 Å².